The van der Waals surface area contributed by atoms with Gasteiger partial charge in [0.15, 0.2) is 9.84 Å². The molecule has 6 nitrogen and oxygen atoms in total. The second-order valence-corrected chi connectivity index (χ2v) is 8.83. The van der Waals surface area contributed by atoms with Crippen molar-refractivity contribution in [3.8, 4) is 11.1 Å². The van der Waals surface area contributed by atoms with Crippen molar-refractivity contribution < 1.29 is 17.9 Å². The number of benzene rings is 2. The Kier molecular flexibility index (Phi) is 6.13. The second kappa shape index (κ2) is 8.54. The number of urea groups is 1. The minimum atomic E-state index is -3.16. The van der Waals surface area contributed by atoms with Crippen molar-refractivity contribution in [1.82, 2.24) is 10.6 Å². The van der Waals surface area contributed by atoms with E-state index >= 15 is 0 Å². The third-order valence-corrected chi connectivity index (χ3v) is 6.36. The van der Waals surface area contributed by atoms with Gasteiger partial charge >= 0.3 is 6.03 Å². The van der Waals surface area contributed by atoms with Gasteiger partial charge in [-0.2, -0.15) is 0 Å². The van der Waals surface area contributed by atoms with Crippen molar-refractivity contribution in [2.75, 3.05) is 25.2 Å². The molecule has 1 aliphatic heterocycles. The molecule has 0 aromatic heterocycles. The number of amides is 2. The van der Waals surface area contributed by atoms with Gasteiger partial charge in [0.1, 0.15) is 0 Å². The smallest absolute Gasteiger partial charge is 0.315 e. The van der Waals surface area contributed by atoms with E-state index in [-0.39, 0.29) is 17.5 Å². The van der Waals surface area contributed by atoms with E-state index in [1.165, 1.54) is 7.11 Å². The van der Waals surface area contributed by atoms with Crippen molar-refractivity contribution in [1.29, 1.82) is 0 Å². The van der Waals surface area contributed by atoms with E-state index < -0.39 is 22.0 Å². The fraction of sp³-hybridized carbons (Fsp3) is 0.350. The fourth-order valence-electron chi connectivity index (χ4n) is 3.26. The molecule has 0 saturated carbocycles. The molecule has 2 unspecified atom stereocenters. The highest BCUT2D eigenvalue weighted by Crippen LogP contribution is 2.20. The van der Waals surface area contributed by atoms with Gasteiger partial charge in [-0.15, -0.1) is 0 Å². The number of carbonyl (C=O) groups excluding carboxylic acids is 1. The van der Waals surface area contributed by atoms with Gasteiger partial charge in [-0.25, -0.2) is 13.2 Å². The minimum Gasteiger partial charge on any atom is -0.378 e. The highest BCUT2D eigenvalue weighted by Gasteiger charge is 2.38. The molecule has 1 aliphatic rings. The third-order valence-electron chi connectivity index (χ3n) is 4.65. The Morgan fingerprint density at radius 3 is 2.56 bits per heavy atom. The van der Waals surface area contributed by atoms with Gasteiger partial charge in [0.2, 0.25) is 0 Å². The number of hydrogen-bond donors (Lipinski definition) is 2. The van der Waals surface area contributed by atoms with Gasteiger partial charge in [0.05, 0.1) is 23.7 Å². The molecule has 1 saturated heterocycles. The number of sulfone groups is 1. The molecule has 0 radical (unpaired) electrons. The second-order valence-electron chi connectivity index (χ2n) is 6.67. The van der Waals surface area contributed by atoms with Gasteiger partial charge < -0.3 is 15.4 Å². The van der Waals surface area contributed by atoms with E-state index in [0.29, 0.717) is 13.0 Å². The molecule has 2 amide bonds. The molecular weight excluding hydrogens is 364 g/mol. The van der Waals surface area contributed by atoms with Crippen LogP contribution in [0, 0.1) is 0 Å². The molecule has 27 heavy (non-hydrogen) atoms. The van der Waals surface area contributed by atoms with E-state index in [2.05, 4.69) is 34.9 Å². The summed E-state index contributed by atoms with van der Waals surface area (Å²) in [6, 6.07) is 17.4. The molecule has 1 fully saturated rings. The average Bonchev–Trinajstić information content (AvgIpc) is 2.96. The Hall–Kier alpha value is -2.38. The van der Waals surface area contributed by atoms with Gasteiger partial charge in [-0.3, -0.25) is 0 Å². The lowest BCUT2D eigenvalue weighted by Crippen LogP contribution is -2.48. The lowest BCUT2D eigenvalue weighted by molar-refractivity contribution is 0.101. The summed E-state index contributed by atoms with van der Waals surface area (Å²) in [5, 5.41) is 5.49. The lowest BCUT2D eigenvalue weighted by atomic mass is 10.0. The van der Waals surface area contributed by atoms with E-state index in [0.717, 1.165) is 16.7 Å². The third kappa shape index (κ3) is 5.30. The van der Waals surface area contributed by atoms with Crippen molar-refractivity contribution >= 4 is 15.9 Å². The highest BCUT2D eigenvalue weighted by atomic mass is 32.2. The number of ether oxygens (including phenoxy) is 1. The molecule has 2 N–H and O–H groups in total. The molecule has 144 valence electrons. The molecule has 7 heteroatoms. The van der Waals surface area contributed by atoms with Crippen LogP contribution in [-0.4, -0.2) is 51.8 Å². The monoisotopic (exact) mass is 388 g/mol. The van der Waals surface area contributed by atoms with Crippen LogP contribution in [0.2, 0.25) is 0 Å². The maximum absolute atomic E-state index is 12.1. The van der Waals surface area contributed by atoms with Crippen LogP contribution in [0.15, 0.2) is 54.6 Å². The summed E-state index contributed by atoms with van der Waals surface area (Å²) >= 11 is 0. The molecule has 3 rings (SSSR count). The lowest BCUT2D eigenvalue weighted by Gasteiger charge is -2.18. The van der Waals surface area contributed by atoms with Gasteiger partial charge in [0, 0.05) is 13.7 Å². The Labute approximate surface area is 159 Å². The molecule has 0 aliphatic carbocycles. The highest BCUT2D eigenvalue weighted by molar-refractivity contribution is 7.91. The summed E-state index contributed by atoms with van der Waals surface area (Å²) in [6.07, 6.45) is 0.188. The molecule has 2 aromatic rings. The van der Waals surface area contributed by atoms with Crippen LogP contribution in [0.3, 0.4) is 0 Å². The molecule has 0 spiro atoms. The van der Waals surface area contributed by atoms with Gasteiger partial charge in [-0.1, -0.05) is 54.6 Å². The minimum absolute atomic E-state index is 0.0548. The number of hydrogen-bond acceptors (Lipinski definition) is 4. The Morgan fingerprint density at radius 1 is 1.07 bits per heavy atom. The van der Waals surface area contributed by atoms with Crippen molar-refractivity contribution in [3.63, 3.8) is 0 Å². The number of rotatable bonds is 6. The molecule has 2 aromatic carbocycles. The number of carbonyl (C=O) groups is 1. The zero-order valence-corrected chi connectivity index (χ0v) is 16.0. The number of nitrogens with one attached hydrogen (secondary N) is 2. The van der Waals surface area contributed by atoms with E-state index in [1.807, 2.05) is 30.3 Å². The maximum atomic E-state index is 12.1. The van der Waals surface area contributed by atoms with Crippen LogP contribution >= 0.6 is 0 Å². The first-order valence-corrected chi connectivity index (χ1v) is 10.7. The Morgan fingerprint density at radius 2 is 1.81 bits per heavy atom. The van der Waals surface area contributed by atoms with Crippen molar-refractivity contribution in [2.45, 2.75) is 18.6 Å². The van der Waals surface area contributed by atoms with E-state index in [9.17, 15) is 13.2 Å². The first kappa shape index (κ1) is 19.4. The SMILES string of the molecule is COC1CS(=O)(=O)CC1NC(=O)NCCc1cccc(-c2ccccc2)c1. The summed E-state index contributed by atoms with van der Waals surface area (Å²) in [4.78, 5) is 12.1. The predicted molar refractivity (Wildman–Crippen MR) is 105 cm³/mol. The standard InChI is InChI=1S/C20H24N2O4S/c1-26-19-14-27(24,25)13-18(19)22-20(23)21-11-10-15-6-5-9-17(12-15)16-7-3-2-4-8-16/h2-9,12,18-19H,10-11,13-14H2,1H3,(H2,21,22,23). The van der Waals surface area contributed by atoms with E-state index in [1.54, 1.807) is 0 Å². The summed E-state index contributed by atoms with van der Waals surface area (Å²) in [6.45, 7) is 0.460. The van der Waals surface area contributed by atoms with Crippen LogP contribution in [-0.2, 0) is 21.0 Å². The van der Waals surface area contributed by atoms with Crippen molar-refractivity contribution in [3.05, 3.63) is 60.2 Å². The molecule has 0 bridgehead atoms. The molecular formula is C20H24N2O4S. The topological polar surface area (TPSA) is 84.5 Å². The van der Waals surface area contributed by atoms with Gasteiger partial charge in [-0.05, 0) is 23.1 Å². The molecule has 2 atom stereocenters. The zero-order valence-electron chi connectivity index (χ0n) is 15.2. The quantitative estimate of drug-likeness (QED) is 0.793. The van der Waals surface area contributed by atoms with Crippen LogP contribution in [0.5, 0.6) is 0 Å². The van der Waals surface area contributed by atoms with Gasteiger partial charge in [0.25, 0.3) is 0 Å². The van der Waals surface area contributed by atoms with Crippen molar-refractivity contribution in [2.24, 2.45) is 0 Å². The number of methoxy groups -OCH3 is 1. The predicted octanol–water partition coefficient (Wildman–Crippen LogP) is 2.01. The largest absolute Gasteiger partial charge is 0.378 e. The van der Waals surface area contributed by atoms with Crippen LogP contribution < -0.4 is 10.6 Å². The van der Waals surface area contributed by atoms with Crippen LogP contribution in [0.1, 0.15) is 5.56 Å². The fourth-order valence-corrected chi connectivity index (χ4v) is 5.11. The summed E-state index contributed by atoms with van der Waals surface area (Å²) in [5.41, 5.74) is 3.41. The first-order valence-electron chi connectivity index (χ1n) is 8.89. The van der Waals surface area contributed by atoms with Crippen LogP contribution in [0.4, 0.5) is 4.79 Å². The summed E-state index contributed by atoms with van der Waals surface area (Å²) < 4.78 is 28.5. The first-order chi connectivity index (χ1) is 13.0. The Balaban J connectivity index is 1.51. The summed E-state index contributed by atoms with van der Waals surface area (Å²) in [5.74, 6) is -0.140. The maximum Gasteiger partial charge on any atom is 0.315 e. The molecule has 1 heterocycles. The zero-order chi connectivity index (χ0) is 19.3. The summed E-state index contributed by atoms with van der Waals surface area (Å²) in [7, 11) is -1.71. The Bertz CT molecular complexity index is 884. The normalized spacial score (nSPS) is 20.9. The van der Waals surface area contributed by atoms with E-state index in [4.69, 9.17) is 4.74 Å². The van der Waals surface area contributed by atoms with Crippen LogP contribution in [0.25, 0.3) is 11.1 Å². The average molecular weight is 388 g/mol.